The Morgan fingerprint density at radius 3 is 2.28 bits per heavy atom. The predicted octanol–water partition coefficient (Wildman–Crippen LogP) is 3.95. The van der Waals surface area contributed by atoms with Crippen molar-refractivity contribution in [1.82, 2.24) is 4.90 Å². The zero-order valence-corrected chi connectivity index (χ0v) is 17.4. The number of ether oxygens (including phenoxy) is 1. The lowest BCUT2D eigenvalue weighted by Crippen LogP contribution is -2.22. The third-order valence-electron chi connectivity index (χ3n) is 4.11. The highest BCUT2D eigenvalue weighted by Crippen LogP contribution is 2.31. The SMILES string of the molecule is CCOC(=O)c1ccc(NC(=O)c2ccc(C=C3SC(=S)N(C)C3=O)cc2)cc1. The lowest BCUT2D eigenvalue weighted by atomic mass is 10.1. The van der Waals surface area contributed by atoms with Gasteiger partial charge in [-0.25, -0.2) is 4.79 Å². The number of nitrogens with zero attached hydrogens (tertiary/aromatic N) is 1. The fourth-order valence-electron chi connectivity index (χ4n) is 2.54. The molecule has 0 unspecified atom stereocenters. The van der Waals surface area contributed by atoms with Crippen LogP contribution in [0, 0.1) is 0 Å². The lowest BCUT2D eigenvalue weighted by Gasteiger charge is -2.07. The van der Waals surface area contributed by atoms with Crippen LogP contribution in [0.3, 0.4) is 0 Å². The summed E-state index contributed by atoms with van der Waals surface area (Å²) in [6.07, 6.45) is 1.75. The van der Waals surface area contributed by atoms with Crippen LogP contribution in [-0.4, -0.2) is 40.7 Å². The molecule has 29 heavy (non-hydrogen) atoms. The molecule has 1 fully saturated rings. The summed E-state index contributed by atoms with van der Waals surface area (Å²) in [6.45, 7) is 2.05. The number of anilines is 1. The number of esters is 1. The molecule has 8 heteroatoms. The van der Waals surface area contributed by atoms with Gasteiger partial charge in [-0.05, 0) is 55.0 Å². The van der Waals surface area contributed by atoms with Gasteiger partial charge in [-0.1, -0.05) is 36.1 Å². The van der Waals surface area contributed by atoms with Gasteiger partial charge in [-0.15, -0.1) is 0 Å². The summed E-state index contributed by atoms with van der Waals surface area (Å²) in [5.41, 5.74) is 2.26. The van der Waals surface area contributed by atoms with Crippen molar-refractivity contribution in [3.05, 3.63) is 70.1 Å². The first-order chi connectivity index (χ1) is 13.9. The van der Waals surface area contributed by atoms with Crippen LogP contribution in [0.5, 0.6) is 0 Å². The van der Waals surface area contributed by atoms with Gasteiger partial charge in [0, 0.05) is 18.3 Å². The van der Waals surface area contributed by atoms with E-state index < -0.39 is 5.97 Å². The third-order valence-corrected chi connectivity index (χ3v) is 5.60. The van der Waals surface area contributed by atoms with Gasteiger partial charge in [0.2, 0.25) is 0 Å². The van der Waals surface area contributed by atoms with E-state index in [0.29, 0.717) is 32.6 Å². The molecular weight excluding hydrogens is 408 g/mol. The van der Waals surface area contributed by atoms with Crippen LogP contribution >= 0.6 is 24.0 Å². The first-order valence-corrected chi connectivity index (χ1v) is 10.0. The van der Waals surface area contributed by atoms with Crippen molar-refractivity contribution >= 4 is 57.8 Å². The smallest absolute Gasteiger partial charge is 0.338 e. The standard InChI is InChI=1S/C21H18N2O4S2/c1-3-27-20(26)15-8-10-16(11-9-15)22-18(24)14-6-4-13(5-7-14)12-17-19(25)23(2)21(28)29-17/h4-12H,3H2,1-2H3,(H,22,24). The summed E-state index contributed by atoms with van der Waals surface area (Å²) < 4.78 is 5.45. The van der Waals surface area contributed by atoms with Gasteiger partial charge in [0.1, 0.15) is 4.32 Å². The van der Waals surface area contributed by atoms with Crippen LogP contribution in [0.25, 0.3) is 6.08 Å². The summed E-state index contributed by atoms with van der Waals surface area (Å²) in [7, 11) is 1.64. The van der Waals surface area contributed by atoms with Crippen molar-refractivity contribution in [2.75, 3.05) is 19.0 Å². The van der Waals surface area contributed by atoms with Crippen LogP contribution in [-0.2, 0) is 9.53 Å². The lowest BCUT2D eigenvalue weighted by molar-refractivity contribution is -0.121. The van der Waals surface area contributed by atoms with Crippen molar-refractivity contribution < 1.29 is 19.1 Å². The van der Waals surface area contributed by atoms with Gasteiger partial charge in [0.25, 0.3) is 11.8 Å². The second kappa shape index (κ2) is 9.02. The quantitative estimate of drug-likeness (QED) is 0.443. The molecule has 1 aliphatic heterocycles. The molecule has 0 aliphatic carbocycles. The molecule has 0 aromatic heterocycles. The Labute approximate surface area is 177 Å². The fraction of sp³-hybridized carbons (Fsp3) is 0.143. The number of likely N-dealkylation sites (N-methyl/N-ethyl adjacent to an activating group) is 1. The molecule has 0 bridgehead atoms. The number of carbonyl (C=O) groups is 3. The van der Waals surface area contributed by atoms with Crippen LogP contribution in [0.2, 0.25) is 0 Å². The molecule has 2 amide bonds. The minimum Gasteiger partial charge on any atom is -0.462 e. The normalized spacial score (nSPS) is 15.0. The summed E-state index contributed by atoms with van der Waals surface area (Å²) in [6, 6.07) is 13.4. The first kappa shape index (κ1) is 20.8. The Hall–Kier alpha value is -2.97. The van der Waals surface area contributed by atoms with E-state index in [1.54, 1.807) is 68.6 Å². The third kappa shape index (κ3) is 4.90. The van der Waals surface area contributed by atoms with Gasteiger partial charge in [0.15, 0.2) is 0 Å². The van der Waals surface area contributed by atoms with E-state index in [1.165, 1.54) is 16.7 Å². The molecule has 1 N–H and O–H groups in total. The zero-order chi connectivity index (χ0) is 21.0. The molecule has 0 saturated carbocycles. The van der Waals surface area contributed by atoms with E-state index in [4.69, 9.17) is 17.0 Å². The number of hydrogen-bond acceptors (Lipinski definition) is 6. The second-order valence-electron chi connectivity index (χ2n) is 6.11. The molecule has 0 atom stereocenters. The molecule has 0 spiro atoms. The van der Waals surface area contributed by atoms with Crippen molar-refractivity contribution in [3.63, 3.8) is 0 Å². The molecule has 1 aliphatic rings. The Balaban J connectivity index is 1.66. The molecule has 148 valence electrons. The molecule has 2 aromatic carbocycles. The Morgan fingerprint density at radius 1 is 1.10 bits per heavy atom. The number of thioether (sulfide) groups is 1. The summed E-state index contributed by atoms with van der Waals surface area (Å²) in [4.78, 5) is 38.1. The summed E-state index contributed by atoms with van der Waals surface area (Å²) in [5, 5.41) is 2.78. The van der Waals surface area contributed by atoms with Gasteiger partial charge in [-0.2, -0.15) is 0 Å². The van der Waals surface area contributed by atoms with Crippen LogP contribution < -0.4 is 5.32 Å². The minimum absolute atomic E-state index is 0.131. The minimum atomic E-state index is -0.402. The number of amides is 2. The van der Waals surface area contributed by atoms with Gasteiger partial charge < -0.3 is 10.1 Å². The van der Waals surface area contributed by atoms with Gasteiger partial charge >= 0.3 is 5.97 Å². The molecule has 2 aromatic rings. The van der Waals surface area contributed by atoms with Crippen molar-refractivity contribution in [2.24, 2.45) is 0 Å². The van der Waals surface area contributed by atoms with E-state index in [0.717, 1.165) is 5.56 Å². The predicted molar refractivity (Wildman–Crippen MR) is 118 cm³/mol. The van der Waals surface area contributed by atoms with E-state index in [-0.39, 0.29) is 11.8 Å². The number of nitrogens with one attached hydrogen (secondary N) is 1. The maximum absolute atomic E-state index is 12.4. The average molecular weight is 427 g/mol. The topological polar surface area (TPSA) is 75.7 Å². The molecule has 1 heterocycles. The highest BCUT2D eigenvalue weighted by atomic mass is 32.2. The monoisotopic (exact) mass is 426 g/mol. The van der Waals surface area contributed by atoms with Crippen LogP contribution in [0.15, 0.2) is 53.4 Å². The van der Waals surface area contributed by atoms with E-state index >= 15 is 0 Å². The van der Waals surface area contributed by atoms with E-state index in [2.05, 4.69) is 5.32 Å². The number of rotatable bonds is 5. The van der Waals surface area contributed by atoms with E-state index in [1.807, 2.05) is 0 Å². The van der Waals surface area contributed by atoms with Crippen LogP contribution in [0.1, 0.15) is 33.2 Å². The first-order valence-electron chi connectivity index (χ1n) is 8.79. The maximum Gasteiger partial charge on any atom is 0.338 e. The van der Waals surface area contributed by atoms with Crippen LogP contribution in [0.4, 0.5) is 5.69 Å². The maximum atomic E-state index is 12.4. The second-order valence-corrected chi connectivity index (χ2v) is 7.79. The number of benzene rings is 2. The molecule has 1 saturated heterocycles. The zero-order valence-electron chi connectivity index (χ0n) is 15.8. The van der Waals surface area contributed by atoms with Gasteiger partial charge in [0.05, 0.1) is 17.1 Å². The molecule has 6 nitrogen and oxygen atoms in total. The van der Waals surface area contributed by atoms with Gasteiger partial charge in [-0.3, -0.25) is 14.5 Å². The Morgan fingerprint density at radius 2 is 1.72 bits per heavy atom. The molecular formula is C21H18N2O4S2. The summed E-state index contributed by atoms with van der Waals surface area (Å²) in [5.74, 6) is -0.811. The van der Waals surface area contributed by atoms with E-state index in [9.17, 15) is 14.4 Å². The van der Waals surface area contributed by atoms with Crippen molar-refractivity contribution in [1.29, 1.82) is 0 Å². The highest BCUT2D eigenvalue weighted by molar-refractivity contribution is 8.26. The average Bonchev–Trinajstić information content (AvgIpc) is 2.96. The largest absolute Gasteiger partial charge is 0.462 e. The highest BCUT2D eigenvalue weighted by Gasteiger charge is 2.28. The fourth-order valence-corrected chi connectivity index (χ4v) is 3.71. The summed E-state index contributed by atoms with van der Waals surface area (Å²) >= 11 is 6.36. The number of hydrogen-bond donors (Lipinski definition) is 1. The Bertz CT molecular complexity index is 998. The number of thiocarbonyl (C=S) groups is 1. The van der Waals surface area contributed by atoms with Crippen molar-refractivity contribution in [2.45, 2.75) is 6.92 Å². The van der Waals surface area contributed by atoms with Crippen molar-refractivity contribution in [3.8, 4) is 0 Å². The molecule has 0 radical (unpaired) electrons. The number of carbonyl (C=O) groups excluding carboxylic acids is 3. The molecule has 3 rings (SSSR count). The Kier molecular flexibility index (Phi) is 6.46.